The van der Waals surface area contributed by atoms with Crippen molar-refractivity contribution >= 4 is 11.9 Å². The Hall–Kier alpha value is -1.36. The average molecular weight is 380 g/mol. The number of Topliss-reactive ketones (excluding diaryl/α,β-unsaturated/α-hetero) is 1. The van der Waals surface area contributed by atoms with Crippen molar-refractivity contribution in [2.24, 2.45) is 17.3 Å². The number of aliphatic hydroxyl groups is 1. The molecule has 1 N–H and O–H groups in total. The van der Waals surface area contributed by atoms with Crippen molar-refractivity contribution in [3.8, 4) is 0 Å². The summed E-state index contributed by atoms with van der Waals surface area (Å²) in [5.74, 6) is 0.711. The number of rotatable bonds is 2. The lowest BCUT2D eigenvalue weighted by atomic mass is 9.56. The standard InChI is InChI=1S/C22H37NO4/c1-6-9-17-14-16(2)15-19(25)22(17)11-8-13-23(12-7-10-18(22)24)20(26)27-21(3,4)5/h6,16-17,19,25H,1,7-15H2,2-5H3/t16?,17?,19?,22-/m0/s1. The van der Waals surface area contributed by atoms with E-state index in [0.717, 1.165) is 12.8 Å². The van der Waals surface area contributed by atoms with Gasteiger partial charge in [0.25, 0.3) is 0 Å². The smallest absolute Gasteiger partial charge is 0.410 e. The molecule has 1 spiro atoms. The lowest BCUT2D eigenvalue weighted by molar-refractivity contribution is -0.149. The predicted octanol–water partition coefficient (Wildman–Crippen LogP) is 4.34. The number of carbonyl (C=O) groups excluding carboxylic acids is 2. The molecular formula is C22H37NO4. The van der Waals surface area contributed by atoms with E-state index in [4.69, 9.17) is 4.74 Å². The SMILES string of the molecule is C=CCC1CC(C)CC(O)[C@@]12CCCN(C(=O)OC(C)(C)C)CCCC2=O. The molecule has 4 atom stereocenters. The molecule has 2 fully saturated rings. The Kier molecular flexibility index (Phi) is 7.12. The molecule has 0 aromatic heterocycles. The van der Waals surface area contributed by atoms with E-state index in [1.807, 2.05) is 26.8 Å². The summed E-state index contributed by atoms with van der Waals surface area (Å²) in [5, 5.41) is 11.0. The Labute approximate surface area is 164 Å². The van der Waals surface area contributed by atoms with Crippen LogP contribution in [0.3, 0.4) is 0 Å². The van der Waals surface area contributed by atoms with Crippen molar-refractivity contribution in [2.75, 3.05) is 13.1 Å². The van der Waals surface area contributed by atoms with Crippen molar-refractivity contribution < 1.29 is 19.4 Å². The number of hydrogen-bond donors (Lipinski definition) is 1. The van der Waals surface area contributed by atoms with Crippen molar-refractivity contribution in [3.05, 3.63) is 12.7 Å². The molecule has 0 bridgehead atoms. The number of ether oxygens (including phenoxy) is 1. The minimum absolute atomic E-state index is 0.134. The van der Waals surface area contributed by atoms with Crippen LogP contribution in [0.1, 0.15) is 72.6 Å². The van der Waals surface area contributed by atoms with E-state index in [-0.39, 0.29) is 17.8 Å². The van der Waals surface area contributed by atoms with E-state index in [1.165, 1.54) is 0 Å². The maximum absolute atomic E-state index is 13.3. The van der Waals surface area contributed by atoms with Crippen LogP contribution in [0.4, 0.5) is 4.79 Å². The van der Waals surface area contributed by atoms with Crippen LogP contribution in [0.2, 0.25) is 0 Å². The highest BCUT2D eigenvalue weighted by molar-refractivity contribution is 5.86. The Bertz CT molecular complexity index is 553. The van der Waals surface area contributed by atoms with Crippen LogP contribution in [-0.4, -0.2) is 46.7 Å². The minimum Gasteiger partial charge on any atom is -0.444 e. The fourth-order valence-electron chi connectivity index (χ4n) is 4.93. The summed E-state index contributed by atoms with van der Waals surface area (Å²) in [5.41, 5.74) is -1.22. The summed E-state index contributed by atoms with van der Waals surface area (Å²) in [6.45, 7) is 12.7. The highest BCUT2D eigenvalue weighted by Crippen LogP contribution is 2.50. The van der Waals surface area contributed by atoms with Gasteiger partial charge < -0.3 is 14.7 Å². The first-order valence-electron chi connectivity index (χ1n) is 10.4. The fraction of sp³-hybridized carbons (Fsp3) is 0.818. The van der Waals surface area contributed by atoms with Gasteiger partial charge >= 0.3 is 6.09 Å². The lowest BCUT2D eigenvalue weighted by Gasteiger charge is -2.48. The van der Waals surface area contributed by atoms with Gasteiger partial charge in [0.2, 0.25) is 0 Å². The maximum atomic E-state index is 13.3. The number of aliphatic hydroxyl groups excluding tert-OH is 1. The van der Waals surface area contributed by atoms with Crippen LogP contribution < -0.4 is 0 Å². The molecule has 1 saturated heterocycles. The molecule has 0 radical (unpaired) electrons. The van der Waals surface area contributed by atoms with Crippen LogP contribution in [-0.2, 0) is 9.53 Å². The zero-order valence-electron chi connectivity index (χ0n) is 17.5. The molecule has 1 aliphatic carbocycles. The first kappa shape index (κ1) is 21.9. The number of amides is 1. The van der Waals surface area contributed by atoms with Gasteiger partial charge in [-0.05, 0) is 71.1 Å². The van der Waals surface area contributed by atoms with Gasteiger partial charge in [-0.1, -0.05) is 13.0 Å². The van der Waals surface area contributed by atoms with Crippen LogP contribution in [0.5, 0.6) is 0 Å². The number of ketones is 1. The zero-order chi connectivity index (χ0) is 20.2. The summed E-state index contributed by atoms with van der Waals surface area (Å²) >= 11 is 0. The van der Waals surface area contributed by atoms with Crippen molar-refractivity contribution in [1.29, 1.82) is 0 Å². The fourth-order valence-corrected chi connectivity index (χ4v) is 4.93. The molecule has 2 aliphatic rings. The van der Waals surface area contributed by atoms with Gasteiger partial charge in [0.1, 0.15) is 11.4 Å². The molecule has 1 saturated carbocycles. The molecule has 1 amide bonds. The number of allylic oxidation sites excluding steroid dienone is 1. The monoisotopic (exact) mass is 379 g/mol. The van der Waals surface area contributed by atoms with Crippen molar-refractivity contribution in [1.82, 2.24) is 4.90 Å². The molecule has 0 aromatic rings. The van der Waals surface area contributed by atoms with E-state index in [9.17, 15) is 14.7 Å². The Morgan fingerprint density at radius 2 is 2.00 bits per heavy atom. The first-order valence-corrected chi connectivity index (χ1v) is 10.4. The Morgan fingerprint density at radius 3 is 2.63 bits per heavy atom. The second-order valence-corrected chi connectivity index (χ2v) is 9.45. The normalized spacial score (nSPS) is 33.1. The van der Waals surface area contributed by atoms with Crippen LogP contribution >= 0.6 is 0 Å². The quantitative estimate of drug-likeness (QED) is 0.725. The zero-order valence-corrected chi connectivity index (χ0v) is 17.5. The van der Waals surface area contributed by atoms with Crippen LogP contribution in [0.15, 0.2) is 12.7 Å². The van der Waals surface area contributed by atoms with Gasteiger partial charge in [-0.3, -0.25) is 4.79 Å². The van der Waals surface area contributed by atoms with E-state index in [2.05, 4.69) is 13.5 Å². The first-order chi connectivity index (χ1) is 12.6. The van der Waals surface area contributed by atoms with Crippen molar-refractivity contribution in [3.63, 3.8) is 0 Å². The third-order valence-corrected chi connectivity index (χ3v) is 6.11. The summed E-state index contributed by atoms with van der Waals surface area (Å²) in [4.78, 5) is 27.5. The largest absolute Gasteiger partial charge is 0.444 e. The van der Waals surface area contributed by atoms with E-state index >= 15 is 0 Å². The summed E-state index contributed by atoms with van der Waals surface area (Å²) in [6.07, 6.45) is 5.67. The van der Waals surface area contributed by atoms with Gasteiger partial charge in [0, 0.05) is 19.5 Å². The number of carbonyl (C=O) groups is 2. The molecule has 1 aliphatic heterocycles. The summed E-state index contributed by atoms with van der Waals surface area (Å²) < 4.78 is 5.51. The van der Waals surface area contributed by atoms with Gasteiger partial charge in [-0.25, -0.2) is 4.79 Å². The van der Waals surface area contributed by atoms with Crippen LogP contribution in [0, 0.1) is 17.3 Å². The second kappa shape index (κ2) is 8.76. The molecular weight excluding hydrogens is 342 g/mol. The average Bonchev–Trinajstić information content (AvgIpc) is 2.61. The third kappa shape index (κ3) is 5.13. The summed E-state index contributed by atoms with van der Waals surface area (Å²) in [6, 6.07) is 0. The van der Waals surface area contributed by atoms with Gasteiger partial charge in [0.15, 0.2) is 0 Å². The molecule has 1 heterocycles. The van der Waals surface area contributed by atoms with E-state index in [1.54, 1.807) is 4.90 Å². The summed E-state index contributed by atoms with van der Waals surface area (Å²) in [7, 11) is 0. The second-order valence-electron chi connectivity index (χ2n) is 9.45. The van der Waals surface area contributed by atoms with Crippen LogP contribution in [0.25, 0.3) is 0 Å². The molecule has 2 rings (SSSR count). The molecule has 27 heavy (non-hydrogen) atoms. The number of hydrogen-bond acceptors (Lipinski definition) is 4. The predicted molar refractivity (Wildman–Crippen MR) is 106 cm³/mol. The topological polar surface area (TPSA) is 66.8 Å². The van der Waals surface area contributed by atoms with Gasteiger partial charge in [0.05, 0.1) is 11.5 Å². The maximum Gasteiger partial charge on any atom is 0.410 e. The molecule has 3 unspecified atom stereocenters. The van der Waals surface area contributed by atoms with E-state index < -0.39 is 17.1 Å². The lowest BCUT2D eigenvalue weighted by Crippen LogP contribution is -2.52. The van der Waals surface area contributed by atoms with Gasteiger partial charge in [-0.2, -0.15) is 0 Å². The highest BCUT2D eigenvalue weighted by Gasteiger charge is 2.52. The molecule has 0 aromatic carbocycles. The molecule has 5 heteroatoms. The minimum atomic E-state index is -0.690. The van der Waals surface area contributed by atoms with Crippen molar-refractivity contribution in [2.45, 2.75) is 84.3 Å². The molecule has 5 nitrogen and oxygen atoms in total. The highest BCUT2D eigenvalue weighted by atomic mass is 16.6. The van der Waals surface area contributed by atoms with Gasteiger partial charge in [-0.15, -0.1) is 6.58 Å². The number of nitrogens with zero attached hydrogens (tertiary/aromatic N) is 1. The Balaban J connectivity index is 2.19. The van der Waals surface area contributed by atoms with E-state index in [0.29, 0.717) is 51.1 Å². The Morgan fingerprint density at radius 1 is 1.33 bits per heavy atom. The third-order valence-electron chi connectivity index (χ3n) is 6.11. The molecule has 154 valence electrons.